The van der Waals surface area contributed by atoms with Crippen LogP contribution in [0.25, 0.3) is 0 Å². The number of aliphatic imine (C=N–C) groups is 1. The third-order valence-corrected chi connectivity index (χ3v) is 5.79. The van der Waals surface area contributed by atoms with Crippen molar-refractivity contribution in [3.8, 4) is 0 Å². The second-order valence-corrected chi connectivity index (χ2v) is 8.18. The lowest BCUT2D eigenvalue weighted by Gasteiger charge is -2.14. The summed E-state index contributed by atoms with van der Waals surface area (Å²) in [4.78, 5) is 4.27. The molecule has 0 saturated carbocycles. The van der Waals surface area contributed by atoms with Gasteiger partial charge < -0.3 is 10.6 Å². The standard InChI is InChI=1S/C22H27N5OS/c1-23-22(24-13-15-29(28)18-19-8-3-2-4-9-19)25-16-20-10-5-6-11-21(20)17-27-14-7-12-26-27/h2-12,14H,13,15-18H2,1H3,(H2,23,24,25). The molecule has 3 rings (SSSR count). The van der Waals surface area contributed by atoms with Gasteiger partial charge in [0.25, 0.3) is 0 Å². The van der Waals surface area contributed by atoms with Crippen molar-refractivity contribution in [1.82, 2.24) is 20.4 Å². The van der Waals surface area contributed by atoms with Gasteiger partial charge in [-0.15, -0.1) is 0 Å². The van der Waals surface area contributed by atoms with Gasteiger partial charge in [-0.25, -0.2) is 0 Å². The molecular weight excluding hydrogens is 382 g/mol. The number of nitrogens with zero attached hydrogens (tertiary/aromatic N) is 3. The summed E-state index contributed by atoms with van der Waals surface area (Å²) in [6.45, 7) is 1.99. The summed E-state index contributed by atoms with van der Waals surface area (Å²) in [6.07, 6.45) is 3.74. The highest BCUT2D eigenvalue weighted by atomic mass is 32.2. The van der Waals surface area contributed by atoms with E-state index in [4.69, 9.17) is 0 Å². The first-order chi connectivity index (χ1) is 14.2. The smallest absolute Gasteiger partial charge is 0.191 e. The SMILES string of the molecule is CN=C(NCCS(=O)Cc1ccccc1)NCc1ccccc1Cn1cccn1. The Kier molecular flexibility index (Phi) is 8.01. The van der Waals surface area contributed by atoms with Crippen molar-refractivity contribution >= 4 is 16.8 Å². The fourth-order valence-electron chi connectivity index (χ4n) is 2.97. The van der Waals surface area contributed by atoms with Crippen LogP contribution in [-0.4, -0.2) is 39.3 Å². The minimum Gasteiger partial charge on any atom is -0.355 e. The number of benzene rings is 2. The highest BCUT2D eigenvalue weighted by Crippen LogP contribution is 2.10. The van der Waals surface area contributed by atoms with Crippen LogP contribution in [0.3, 0.4) is 0 Å². The maximum absolute atomic E-state index is 12.3. The van der Waals surface area contributed by atoms with E-state index < -0.39 is 10.8 Å². The minimum atomic E-state index is -0.907. The highest BCUT2D eigenvalue weighted by Gasteiger charge is 2.06. The molecule has 2 N–H and O–H groups in total. The van der Waals surface area contributed by atoms with Gasteiger partial charge in [0.2, 0.25) is 0 Å². The first-order valence-electron chi connectivity index (χ1n) is 9.62. The van der Waals surface area contributed by atoms with E-state index in [1.54, 1.807) is 13.2 Å². The van der Waals surface area contributed by atoms with Crippen molar-refractivity contribution < 1.29 is 4.21 Å². The Morgan fingerprint density at radius 3 is 2.52 bits per heavy atom. The van der Waals surface area contributed by atoms with Gasteiger partial charge in [0, 0.05) is 54.8 Å². The van der Waals surface area contributed by atoms with Gasteiger partial charge >= 0.3 is 0 Å². The Morgan fingerprint density at radius 1 is 1.03 bits per heavy atom. The van der Waals surface area contributed by atoms with Crippen LogP contribution in [0.2, 0.25) is 0 Å². The van der Waals surface area contributed by atoms with Crippen LogP contribution >= 0.6 is 0 Å². The molecule has 1 heterocycles. The third kappa shape index (κ3) is 6.87. The molecule has 0 amide bonds. The summed E-state index contributed by atoms with van der Waals surface area (Å²) in [6, 6.07) is 20.1. The van der Waals surface area contributed by atoms with Gasteiger partial charge in [-0.1, -0.05) is 54.6 Å². The Hall–Kier alpha value is -2.93. The summed E-state index contributed by atoms with van der Waals surface area (Å²) in [5, 5.41) is 10.9. The summed E-state index contributed by atoms with van der Waals surface area (Å²) in [5.74, 6) is 1.86. The minimum absolute atomic E-state index is 0.575. The molecule has 1 unspecified atom stereocenters. The van der Waals surface area contributed by atoms with Crippen molar-refractivity contribution in [2.75, 3.05) is 19.3 Å². The van der Waals surface area contributed by atoms with Gasteiger partial charge in [-0.3, -0.25) is 13.9 Å². The van der Waals surface area contributed by atoms with Crippen molar-refractivity contribution in [2.45, 2.75) is 18.8 Å². The molecule has 1 aromatic heterocycles. The molecular formula is C22H27N5OS. The normalized spacial score (nSPS) is 12.5. The van der Waals surface area contributed by atoms with Gasteiger partial charge in [0.05, 0.1) is 6.54 Å². The number of rotatable bonds is 9. The summed E-state index contributed by atoms with van der Waals surface area (Å²) < 4.78 is 14.2. The average molecular weight is 410 g/mol. The van der Waals surface area contributed by atoms with E-state index >= 15 is 0 Å². The van der Waals surface area contributed by atoms with Crippen molar-refractivity contribution in [2.24, 2.45) is 4.99 Å². The lowest BCUT2D eigenvalue weighted by Crippen LogP contribution is -2.39. The Balaban J connectivity index is 1.45. The molecule has 152 valence electrons. The van der Waals surface area contributed by atoms with Crippen molar-refractivity contribution in [3.05, 3.63) is 89.7 Å². The van der Waals surface area contributed by atoms with Crippen LogP contribution in [0.4, 0.5) is 0 Å². The van der Waals surface area contributed by atoms with Crippen LogP contribution in [-0.2, 0) is 29.6 Å². The number of hydrogen-bond acceptors (Lipinski definition) is 3. The first-order valence-corrected chi connectivity index (χ1v) is 11.1. The lowest BCUT2D eigenvalue weighted by molar-refractivity contribution is 0.677. The van der Waals surface area contributed by atoms with Crippen LogP contribution in [0, 0.1) is 0 Å². The number of aromatic nitrogens is 2. The summed E-state index contributed by atoms with van der Waals surface area (Å²) >= 11 is 0. The fourth-order valence-corrected chi connectivity index (χ4v) is 4.01. The fraction of sp³-hybridized carbons (Fsp3) is 0.273. The van der Waals surface area contributed by atoms with Gasteiger partial charge in [0.15, 0.2) is 5.96 Å². The van der Waals surface area contributed by atoms with Gasteiger partial charge in [0.1, 0.15) is 0 Å². The van der Waals surface area contributed by atoms with Crippen LogP contribution in [0.15, 0.2) is 78.0 Å². The molecule has 0 aliphatic heterocycles. The predicted molar refractivity (Wildman–Crippen MR) is 119 cm³/mol. The molecule has 1 atom stereocenters. The van der Waals surface area contributed by atoms with Gasteiger partial charge in [-0.05, 0) is 22.8 Å². The van der Waals surface area contributed by atoms with Gasteiger partial charge in [-0.2, -0.15) is 5.10 Å². The molecule has 0 fully saturated rings. The predicted octanol–water partition coefficient (Wildman–Crippen LogP) is 2.55. The van der Waals surface area contributed by atoms with Crippen LogP contribution in [0.1, 0.15) is 16.7 Å². The number of hydrogen-bond donors (Lipinski definition) is 2. The topological polar surface area (TPSA) is 71.3 Å². The molecule has 0 radical (unpaired) electrons. The molecule has 0 spiro atoms. The molecule has 7 heteroatoms. The monoisotopic (exact) mass is 409 g/mol. The molecule has 3 aromatic rings. The summed E-state index contributed by atoms with van der Waals surface area (Å²) in [7, 11) is 0.835. The molecule has 29 heavy (non-hydrogen) atoms. The summed E-state index contributed by atoms with van der Waals surface area (Å²) in [5.41, 5.74) is 3.50. The van der Waals surface area contributed by atoms with Crippen molar-refractivity contribution in [1.29, 1.82) is 0 Å². The Labute approximate surface area is 174 Å². The molecule has 0 aliphatic rings. The second-order valence-electron chi connectivity index (χ2n) is 6.60. The zero-order chi connectivity index (χ0) is 20.3. The average Bonchev–Trinajstić information content (AvgIpc) is 3.25. The molecule has 2 aromatic carbocycles. The van der Waals surface area contributed by atoms with E-state index in [1.165, 1.54) is 11.1 Å². The number of guanidine groups is 1. The maximum atomic E-state index is 12.3. The number of nitrogens with one attached hydrogen (secondary N) is 2. The Morgan fingerprint density at radius 2 is 1.79 bits per heavy atom. The quantitative estimate of drug-likeness (QED) is 0.421. The Bertz CT molecular complexity index is 925. The van der Waals surface area contributed by atoms with E-state index in [0.717, 1.165) is 12.1 Å². The van der Waals surface area contributed by atoms with Crippen LogP contribution < -0.4 is 10.6 Å². The van der Waals surface area contributed by atoms with Crippen LogP contribution in [0.5, 0.6) is 0 Å². The molecule has 0 bridgehead atoms. The molecule has 0 saturated heterocycles. The molecule has 0 aliphatic carbocycles. The zero-order valence-corrected chi connectivity index (χ0v) is 17.4. The van der Waals surface area contributed by atoms with E-state index in [-0.39, 0.29) is 0 Å². The van der Waals surface area contributed by atoms with E-state index in [2.05, 4.69) is 32.9 Å². The second kappa shape index (κ2) is 11.2. The first kappa shape index (κ1) is 20.8. The third-order valence-electron chi connectivity index (χ3n) is 4.47. The maximum Gasteiger partial charge on any atom is 0.191 e. The van der Waals surface area contributed by atoms with E-state index in [1.807, 2.05) is 59.4 Å². The van der Waals surface area contributed by atoms with E-state index in [0.29, 0.717) is 30.6 Å². The van der Waals surface area contributed by atoms with E-state index in [9.17, 15) is 4.21 Å². The molecule has 6 nitrogen and oxygen atoms in total. The zero-order valence-electron chi connectivity index (χ0n) is 16.6. The largest absolute Gasteiger partial charge is 0.355 e. The van der Waals surface area contributed by atoms with Crippen molar-refractivity contribution in [3.63, 3.8) is 0 Å². The lowest BCUT2D eigenvalue weighted by atomic mass is 10.1. The highest BCUT2D eigenvalue weighted by molar-refractivity contribution is 7.84.